The topological polar surface area (TPSA) is 29.5 Å². The number of benzene rings is 2. The van der Waals surface area contributed by atoms with Gasteiger partial charge in [0.25, 0.3) is 5.91 Å². The number of ether oxygens (including phenoxy) is 1. The zero-order valence-electron chi connectivity index (χ0n) is 12.1. The molecule has 0 bridgehead atoms. The minimum atomic E-state index is 0.0428. The second kappa shape index (κ2) is 6.19. The second-order valence-corrected chi connectivity index (χ2v) is 6.11. The van der Waals surface area contributed by atoms with Crippen molar-refractivity contribution in [2.45, 2.75) is 13.0 Å². The van der Waals surface area contributed by atoms with E-state index in [0.717, 1.165) is 28.9 Å². The summed E-state index contributed by atoms with van der Waals surface area (Å²) in [6, 6.07) is 11.0. The number of fused-ring (bicyclic) bond motifs is 1. The van der Waals surface area contributed by atoms with Crippen LogP contribution in [0.2, 0.25) is 10.0 Å². The number of likely N-dealkylation sites (N-methyl/N-ethyl adjacent to an activating group) is 1. The highest BCUT2D eigenvalue weighted by Gasteiger charge is 2.23. The minimum Gasteiger partial charge on any atom is -0.489 e. The van der Waals surface area contributed by atoms with Crippen LogP contribution in [0.25, 0.3) is 0 Å². The van der Waals surface area contributed by atoms with Crippen LogP contribution in [0.3, 0.4) is 0 Å². The van der Waals surface area contributed by atoms with E-state index in [4.69, 9.17) is 27.9 Å². The first-order chi connectivity index (χ1) is 10.6. The number of rotatable bonds is 3. The maximum Gasteiger partial charge on any atom is 0.254 e. The Hall–Kier alpha value is -1.71. The van der Waals surface area contributed by atoms with Gasteiger partial charge in [0, 0.05) is 24.7 Å². The molecule has 0 aromatic heterocycles. The Labute approximate surface area is 139 Å². The summed E-state index contributed by atoms with van der Waals surface area (Å²) in [5, 5.41) is 1.03. The molecule has 1 aliphatic rings. The summed E-state index contributed by atoms with van der Waals surface area (Å²) in [4.78, 5) is 13.9. The van der Waals surface area contributed by atoms with E-state index in [1.807, 2.05) is 31.3 Å². The maximum atomic E-state index is 12.2. The SMILES string of the molecule is CN1CCc2c(OCc3ccc(Cl)c(Cl)c3)cccc2C1=O. The normalized spacial score (nSPS) is 14.0. The largest absolute Gasteiger partial charge is 0.489 e. The number of nitrogens with zero attached hydrogens (tertiary/aromatic N) is 1. The van der Waals surface area contributed by atoms with Gasteiger partial charge < -0.3 is 9.64 Å². The first kappa shape index (κ1) is 15.2. The van der Waals surface area contributed by atoms with Gasteiger partial charge in [-0.2, -0.15) is 0 Å². The molecule has 114 valence electrons. The molecule has 3 nitrogen and oxygen atoms in total. The summed E-state index contributed by atoms with van der Waals surface area (Å²) < 4.78 is 5.90. The lowest BCUT2D eigenvalue weighted by Crippen LogP contribution is -2.34. The standard InChI is InChI=1S/C17H15Cl2NO2/c1-20-8-7-12-13(17(20)21)3-2-4-16(12)22-10-11-5-6-14(18)15(19)9-11/h2-6,9H,7-8,10H2,1H3. The Kier molecular flexibility index (Phi) is 4.27. The molecule has 3 rings (SSSR count). The van der Waals surface area contributed by atoms with Gasteiger partial charge in [-0.05, 0) is 36.2 Å². The highest BCUT2D eigenvalue weighted by Crippen LogP contribution is 2.29. The number of carbonyl (C=O) groups excluding carboxylic acids is 1. The van der Waals surface area contributed by atoms with Gasteiger partial charge in [0.1, 0.15) is 12.4 Å². The Bertz CT molecular complexity index is 731. The quantitative estimate of drug-likeness (QED) is 0.841. The third kappa shape index (κ3) is 2.92. The predicted octanol–water partition coefficient (Wildman–Crippen LogP) is 4.20. The Morgan fingerprint density at radius 2 is 2.00 bits per heavy atom. The monoisotopic (exact) mass is 335 g/mol. The van der Waals surface area contributed by atoms with E-state index in [1.54, 1.807) is 17.0 Å². The van der Waals surface area contributed by atoms with Crippen LogP contribution in [0.1, 0.15) is 21.5 Å². The number of halogens is 2. The van der Waals surface area contributed by atoms with E-state index in [2.05, 4.69) is 0 Å². The predicted molar refractivity (Wildman–Crippen MR) is 87.9 cm³/mol. The van der Waals surface area contributed by atoms with Crippen LogP contribution >= 0.6 is 23.2 Å². The molecular weight excluding hydrogens is 321 g/mol. The van der Waals surface area contributed by atoms with Crippen molar-refractivity contribution in [2.24, 2.45) is 0 Å². The lowest BCUT2D eigenvalue weighted by atomic mass is 9.98. The third-order valence-corrected chi connectivity index (χ3v) is 4.52. The molecule has 1 heterocycles. The molecule has 0 saturated heterocycles. The fourth-order valence-corrected chi connectivity index (χ4v) is 2.86. The van der Waals surface area contributed by atoms with Crippen LogP contribution in [-0.4, -0.2) is 24.4 Å². The second-order valence-electron chi connectivity index (χ2n) is 5.30. The average Bonchev–Trinajstić information content (AvgIpc) is 2.52. The van der Waals surface area contributed by atoms with E-state index in [1.165, 1.54) is 0 Å². The van der Waals surface area contributed by atoms with E-state index in [-0.39, 0.29) is 5.91 Å². The van der Waals surface area contributed by atoms with Crippen LogP contribution in [0.4, 0.5) is 0 Å². The molecule has 2 aromatic rings. The van der Waals surface area contributed by atoms with Gasteiger partial charge in [0.15, 0.2) is 0 Å². The first-order valence-corrected chi connectivity index (χ1v) is 7.76. The zero-order valence-corrected chi connectivity index (χ0v) is 13.6. The van der Waals surface area contributed by atoms with Crippen molar-refractivity contribution in [3.63, 3.8) is 0 Å². The zero-order chi connectivity index (χ0) is 15.7. The highest BCUT2D eigenvalue weighted by molar-refractivity contribution is 6.42. The maximum absolute atomic E-state index is 12.2. The summed E-state index contributed by atoms with van der Waals surface area (Å²) >= 11 is 11.9. The smallest absolute Gasteiger partial charge is 0.254 e. The van der Waals surface area contributed by atoms with Crippen molar-refractivity contribution in [3.05, 3.63) is 63.1 Å². The van der Waals surface area contributed by atoms with Crippen LogP contribution in [0.15, 0.2) is 36.4 Å². The molecule has 0 fully saturated rings. The van der Waals surface area contributed by atoms with Gasteiger partial charge >= 0.3 is 0 Å². The van der Waals surface area contributed by atoms with Crippen LogP contribution < -0.4 is 4.74 Å². The van der Waals surface area contributed by atoms with E-state index in [9.17, 15) is 4.79 Å². The fourth-order valence-electron chi connectivity index (χ4n) is 2.54. The molecule has 2 aromatic carbocycles. The van der Waals surface area contributed by atoms with Crippen molar-refractivity contribution in [1.29, 1.82) is 0 Å². The van der Waals surface area contributed by atoms with Crippen LogP contribution in [0.5, 0.6) is 5.75 Å². The van der Waals surface area contributed by atoms with Gasteiger partial charge in [-0.3, -0.25) is 4.79 Å². The Morgan fingerprint density at radius 1 is 1.18 bits per heavy atom. The summed E-state index contributed by atoms with van der Waals surface area (Å²) in [6.45, 7) is 1.09. The molecule has 5 heteroatoms. The summed E-state index contributed by atoms with van der Waals surface area (Å²) in [6.07, 6.45) is 0.801. The number of carbonyl (C=O) groups is 1. The lowest BCUT2D eigenvalue weighted by Gasteiger charge is -2.26. The molecule has 0 aliphatic carbocycles. The minimum absolute atomic E-state index is 0.0428. The fraction of sp³-hybridized carbons (Fsp3) is 0.235. The van der Waals surface area contributed by atoms with E-state index >= 15 is 0 Å². The van der Waals surface area contributed by atoms with Gasteiger partial charge in [-0.25, -0.2) is 0 Å². The molecule has 0 spiro atoms. The van der Waals surface area contributed by atoms with E-state index < -0.39 is 0 Å². The number of hydrogen-bond acceptors (Lipinski definition) is 2. The molecule has 0 unspecified atom stereocenters. The van der Waals surface area contributed by atoms with Crippen molar-refractivity contribution in [1.82, 2.24) is 4.90 Å². The molecule has 0 N–H and O–H groups in total. The number of amides is 1. The van der Waals surface area contributed by atoms with Gasteiger partial charge in [0.05, 0.1) is 10.0 Å². The molecule has 0 radical (unpaired) electrons. The number of hydrogen-bond donors (Lipinski definition) is 0. The molecule has 1 amide bonds. The van der Waals surface area contributed by atoms with Crippen molar-refractivity contribution in [3.8, 4) is 5.75 Å². The molecule has 22 heavy (non-hydrogen) atoms. The lowest BCUT2D eigenvalue weighted by molar-refractivity contribution is 0.0779. The molecule has 1 aliphatic heterocycles. The average molecular weight is 336 g/mol. The van der Waals surface area contributed by atoms with Gasteiger partial charge in [0.2, 0.25) is 0 Å². The van der Waals surface area contributed by atoms with Crippen molar-refractivity contribution in [2.75, 3.05) is 13.6 Å². The Morgan fingerprint density at radius 3 is 2.77 bits per heavy atom. The highest BCUT2D eigenvalue weighted by atomic mass is 35.5. The summed E-state index contributed by atoms with van der Waals surface area (Å²) in [7, 11) is 1.81. The Balaban J connectivity index is 1.81. The molecule has 0 saturated carbocycles. The van der Waals surface area contributed by atoms with Crippen molar-refractivity contribution < 1.29 is 9.53 Å². The first-order valence-electron chi connectivity index (χ1n) is 7.00. The van der Waals surface area contributed by atoms with Crippen molar-refractivity contribution >= 4 is 29.1 Å². The van der Waals surface area contributed by atoms with Gasteiger partial charge in [-0.15, -0.1) is 0 Å². The van der Waals surface area contributed by atoms with Gasteiger partial charge in [-0.1, -0.05) is 35.3 Å². The molecular formula is C17H15Cl2NO2. The molecule has 0 atom stereocenters. The van der Waals surface area contributed by atoms with E-state index in [0.29, 0.717) is 23.2 Å². The summed E-state index contributed by atoms with van der Waals surface area (Å²) in [5.74, 6) is 0.797. The van der Waals surface area contributed by atoms with Crippen LogP contribution in [-0.2, 0) is 13.0 Å². The van der Waals surface area contributed by atoms with Crippen LogP contribution in [0, 0.1) is 0 Å². The summed E-state index contributed by atoms with van der Waals surface area (Å²) in [5.41, 5.74) is 2.64. The third-order valence-electron chi connectivity index (χ3n) is 3.79.